The largest absolute Gasteiger partial charge is 0.396 e. The minimum Gasteiger partial charge on any atom is -0.396 e. The Hall–Kier alpha value is -1.69. The highest BCUT2D eigenvalue weighted by molar-refractivity contribution is 7.89. The van der Waals surface area contributed by atoms with E-state index in [0.29, 0.717) is 11.3 Å². The van der Waals surface area contributed by atoms with Crippen molar-refractivity contribution in [3.05, 3.63) is 65.7 Å². The summed E-state index contributed by atoms with van der Waals surface area (Å²) in [5, 5.41) is 9.21. The fourth-order valence-corrected chi connectivity index (χ4v) is 4.66. The Morgan fingerprint density at radius 3 is 2.27 bits per heavy atom. The summed E-state index contributed by atoms with van der Waals surface area (Å²) >= 11 is 0. The second kappa shape index (κ2) is 5.83. The lowest BCUT2D eigenvalue weighted by Crippen LogP contribution is -2.15. The number of hydrogen-bond donors (Lipinski definition) is 1. The van der Waals surface area contributed by atoms with Crippen molar-refractivity contribution in [2.24, 2.45) is 0 Å². The van der Waals surface area contributed by atoms with Crippen LogP contribution in [-0.2, 0) is 10.0 Å². The third kappa shape index (κ3) is 2.67. The van der Waals surface area contributed by atoms with Crippen molar-refractivity contribution in [2.75, 3.05) is 6.61 Å². The Bertz CT molecular complexity index is 741. The van der Waals surface area contributed by atoms with E-state index < -0.39 is 10.0 Å². The van der Waals surface area contributed by atoms with Gasteiger partial charge in [-0.25, -0.2) is 8.42 Å². The van der Waals surface area contributed by atoms with Crippen LogP contribution in [0.3, 0.4) is 0 Å². The van der Waals surface area contributed by atoms with Gasteiger partial charge in [0.25, 0.3) is 0 Å². The minimum atomic E-state index is -3.53. The third-order valence-corrected chi connectivity index (χ3v) is 5.96. The van der Waals surface area contributed by atoms with Crippen molar-refractivity contribution >= 4 is 10.0 Å². The Balaban J connectivity index is 1.93. The molecule has 3 atom stereocenters. The highest BCUT2D eigenvalue weighted by Crippen LogP contribution is 2.49. The smallest absolute Gasteiger partial charge is 0.244 e. The Morgan fingerprint density at radius 2 is 1.68 bits per heavy atom. The lowest BCUT2D eigenvalue weighted by atomic mass is 10.1. The average molecular weight is 317 g/mol. The summed E-state index contributed by atoms with van der Waals surface area (Å²) in [7, 11) is -3.53. The van der Waals surface area contributed by atoms with Crippen LogP contribution >= 0.6 is 0 Å². The molecule has 116 valence electrons. The molecule has 1 fully saturated rings. The van der Waals surface area contributed by atoms with Crippen LogP contribution in [0.5, 0.6) is 0 Å². The first kappa shape index (κ1) is 15.2. The molecule has 1 unspecified atom stereocenters. The molecule has 0 saturated carbocycles. The van der Waals surface area contributed by atoms with Crippen LogP contribution in [0.2, 0.25) is 0 Å². The first-order chi connectivity index (χ1) is 10.6. The second-order valence-electron chi connectivity index (χ2n) is 5.58. The van der Waals surface area contributed by atoms with E-state index >= 15 is 0 Å². The van der Waals surface area contributed by atoms with Gasteiger partial charge in [-0.2, -0.15) is 4.31 Å². The molecule has 4 nitrogen and oxygen atoms in total. The fourth-order valence-electron chi connectivity index (χ4n) is 2.85. The summed E-state index contributed by atoms with van der Waals surface area (Å²) in [6.45, 7) is 1.91. The molecule has 3 rings (SSSR count). The quantitative estimate of drug-likeness (QED) is 0.862. The number of aryl methyl sites for hydroxylation is 1. The number of aliphatic hydroxyl groups is 1. The van der Waals surface area contributed by atoms with E-state index in [2.05, 4.69) is 0 Å². The second-order valence-corrected chi connectivity index (χ2v) is 7.43. The molecule has 1 N–H and O–H groups in total. The molecule has 2 aromatic rings. The SMILES string of the molecule is Cc1ccc(S(=O)(=O)N2[C@@H](CCO)[C@@H]2c2ccccc2)cc1. The van der Waals surface area contributed by atoms with Gasteiger partial charge in [-0.1, -0.05) is 48.0 Å². The maximum absolute atomic E-state index is 12.8. The maximum atomic E-state index is 12.8. The molecule has 0 bridgehead atoms. The predicted molar refractivity (Wildman–Crippen MR) is 84.9 cm³/mol. The van der Waals surface area contributed by atoms with Crippen molar-refractivity contribution in [2.45, 2.75) is 30.3 Å². The van der Waals surface area contributed by atoms with E-state index in [-0.39, 0.29) is 18.7 Å². The molecule has 1 heterocycles. The number of benzene rings is 2. The van der Waals surface area contributed by atoms with Gasteiger partial charge in [0, 0.05) is 12.6 Å². The molecular weight excluding hydrogens is 298 g/mol. The van der Waals surface area contributed by atoms with E-state index in [0.717, 1.165) is 11.1 Å². The standard InChI is InChI=1S/C17H19NO3S/c1-13-7-9-15(10-8-13)22(20,21)18-16(11-12-19)17(18)14-5-3-2-4-6-14/h2-10,16-17,19H,11-12H2,1H3/t16-,17-,18?/m0/s1. The zero-order valence-corrected chi connectivity index (χ0v) is 13.2. The summed E-state index contributed by atoms with van der Waals surface area (Å²) in [6, 6.07) is 16.1. The van der Waals surface area contributed by atoms with Gasteiger partial charge in [0.05, 0.1) is 10.9 Å². The number of aliphatic hydroxyl groups excluding tert-OH is 1. The zero-order chi connectivity index (χ0) is 15.7. The molecule has 1 saturated heterocycles. The number of sulfonamides is 1. The Labute approximate surface area is 131 Å². The highest BCUT2D eigenvalue weighted by atomic mass is 32.2. The summed E-state index contributed by atoms with van der Waals surface area (Å²) in [5.74, 6) is 0. The van der Waals surface area contributed by atoms with Crippen molar-refractivity contribution in [1.82, 2.24) is 4.31 Å². The zero-order valence-electron chi connectivity index (χ0n) is 12.4. The van der Waals surface area contributed by atoms with Gasteiger partial charge in [0.1, 0.15) is 0 Å². The van der Waals surface area contributed by atoms with Crippen LogP contribution in [0.4, 0.5) is 0 Å². The van der Waals surface area contributed by atoms with Crippen LogP contribution in [0.25, 0.3) is 0 Å². The van der Waals surface area contributed by atoms with Gasteiger partial charge in [-0.3, -0.25) is 0 Å². The summed E-state index contributed by atoms with van der Waals surface area (Å²) in [4.78, 5) is 0.305. The maximum Gasteiger partial charge on any atom is 0.244 e. The summed E-state index contributed by atoms with van der Waals surface area (Å²) in [5.41, 5.74) is 1.99. The average Bonchev–Trinajstić information content (AvgIpc) is 3.24. The molecule has 0 spiro atoms. The van der Waals surface area contributed by atoms with Gasteiger partial charge in [0.15, 0.2) is 0 Å². The molecule has 0 amide bonds. The molecular formula is C17H19NO3S. The van der Waals surface area contributed by atoms with Crippen LogP contribution in [0.15, 0.2) is 59.5 Å². The van der Waals surface area contributed by atoms with E-state index in [4.69, 9.17) is 0 Å². The lowest BCUT2D eigenvalue weighted by molar-refractivity contribution is 0.284. The van der Waals surface area contributed by atoms with Crippen molar-refractivity contribution < 1.29 is 13.5 Å². The molecule has 0 aliphatic carbocycles. The van der Waals surface area contributed by atoms with E-state index in [1.54, 1.807) is 24.3 Å². The first-order valence-electron chi connectivity index (χ1n) is 7.31. The lowest BCUT2D eigenvalue weighted by Gasteiger charge is -2.07. The minimum absolute atomic E-state index is 0.0199. The molecule has 1 aliphatic heterocycles. The monoisotopic (exact) mass is 317 g/mol. The summed E-state index contributed by atoms with van der Waals surface area (Å²) in [6.07, 6.45) is 0.449. The van der Waals surface area contributed by atoms with Crippen molar-refractivity contribution in [3.63, 3.8) is 0 Å². The fraction of sp³-hybridized carbons (Fsp3) is 0.294. The number of nitrogens with zero attached hydrogens (tertiary/aromatic N) is 1. The predicted octanol–water partition coefficient (Wildman–Crippen LogP) is 2.49. The Morgan fingerprint density at radius 1 is 1.05 bits per heavy atom. The van der Waals surface area contributed by atoms with Crippen LogP contribution in [0, 0.1) is 6.92 Å². The Kier molecular flexibility index (Phi) is 4.04. The third-order valence-electron chi connectivity index (χ3n) is 4.04. The molecule has 0 aromatic heterocycles. The van der Waals surface area contributed by atoms with Crippen LogP contribution in [-0.4, -0.2) is 30.5 Å². The topological polar surface area (TPSA) is 57.4 Å². The van der Waals surface area contributed by atoms with Crippen LogP contribution in [0.1, 0.15) is 23.6 Å². The molecule has 0 radical (unpaired) electrons. The van der Waals surface area contributed by atoms with Gasteiger partial charge < -0.3 is 5.11 Å². The molecule has 22 heavy (non-hydrogen) atoms. The van der Waals surface area contributed by atoms with E-state index in [1.165, 1.54) is 4.31 Å². The van der Waals surface area contributed by atoms with E-state index in [9.17, 15) is 13.5 Å². The van der Waals surface area contributed by atoms with Gasteiger partial charge in [0.2, 0.25) is 10.0 Å². The van der Waals surface area contributed by atoms with Gasteiger partial charge >= 0.3 is 0 Å². The van der Waals surface area contributed by atoms with Gasteiger partial charge in [-0.05, 0) is 31.0 Å². The molecule has 1 aliphatic rings. The van der Waals surface area contributed by atoms with Crippen LogP contribution < -0.4 is 0 Å². The number of hydrogen-bond acceptors (Lipinski definition) is 3. The van der Waals surface area contributed by atoms with Crippen molar-refractivity contribution in [1.29, 1.82) is 0 Å². The van der Waals surface area contributed by atoms with Gasteiger partial charge in [-0.15, -0.1) is 0 Å². The first-order valence-corrected chi connectivity index (χ1v) is 8.76. The summed E-state index contributed by atoms with van der Waals surface area (Å²) < 4.78 is 27.1. The highest BCUT2D eigenvalue weighted by Gasteiger charge is 2.55. The normalized spacial score (nSPS) is 24.2. The van der Waals surface area contributed by atoms with Crippen molar-refractivity contribution in [3.8, 4) is 0 Å². The molecule has 2 aromatic carbocycles. The number of rotatable bonds is 5. The van der Waals surface area contributed by atoms with E-state index in [1.807, 2.05) is 37.3 Å². The molecule has 5 heteroatoms.